The van der Waals surface area contributed by atoms with Gasteiger partial charge in [0.15, 0.2) is 0 Å². The normalized spacial score (nSPS) is 10.3. The summed E-state index contributed by atoms with van der Waals surface area (Å²) in [5, 5.41) is 6.66. The molecule has 0 saturated carbocycles. The predicted molar refractivity (Wildman–Crippen MR) is 97.1 cm³/mol. The van der Waals surface area contributed by atoms with Crippen LogP contribution < -0.4 is 10.6 Å². The van der Waals surface area contributed by atoms with E-state index >= 15 is 0 Å². The molecule has 0 radical (unpaired) electrons. The Bertz CT molecular complexity index is 670. The predicted octanol–water partition coefficient (Wildman–Crippen LogP) is 3.18. The second-order valence-corrected chi connectivity index (χ2v) is 5.40. The van der Waals surface area contributed by atoms with Gasteiger partial charge in [0, 0.05) is 49.7 Å². The molecule has 0 atom stereocenters. The van der Waals surface area contributed by atoms with Gasteiger partial charge in [0.25, 0.3) is 0 Å². The van der Waals surface area contributed by atoms with Crippen molar-refractivity contribution in [1.29, 1.82) is 0 Å². The van der Waals surface area contributed by atoms with Crippen LogP contribution in [0.15, 0.2) is 67.0 Å². The summed E-state index contributed by atoms with van der Waals surface area (Å²) in [7, 11) is 0. The lowest BCUT2D eigenvalue weighted by Crippen LogP contribution is -2.10. The summed E-state index contributed by atoms with van der Waals surface area (Å²) in [4.78, 5) is 13.2. The first-order valence-corrected chi connectivity index (χ1v) is 8.15. The van der Waals surface area contributed by atoms with Gasteiger partial charge in [0.2, 0.25) is 0 Å². The van der Waals surface area contributed by atoms with Crippen LogP contribution in [0.1, 0.15) is 11.4 Å². The molecule has 3 aromatic rings. The highest BCUT2D eigenvalue weighted by atomic mass is 15.0. The highest BCUT2D eigenvalue weighted by Gasteiger charge is 1.99. The van der Waals surface area contributed by atoms with Gasteiger partial charge in [-0.3, -0.25) is 4.98 Å². The molecule has 2 N–H and O–H groups in total. The zero-order valence-corrected chi connectivity index (χ0v) is 13.5. The van der Waals surface area contributed by atoms with Gasteiger partial charge in [-0.2, -0.15) is 0 Å². The Hall–Kier alpha value is -2.95. The van der Waals surface area contributed by atoms with Crippen LogP contribution in [0.4, 0.5) is 11.6 Å². The van der Waals surface area contributed by atoms with E-state index in [4.69, 9.17) is 0 Å². The maximum Gasteiger partial charge on any atom is 0.126 e. The second kappa shape index (κ2) is 8.62. The largest absolute Gasteiger partial charge is 0.370 e. The summed E-state index contributed by atoms with van der Waals surface area (Å²) in [5.74, 6) is 1.79. The second-order valence-electron chi connectivity index (χ2n) is 5.40. The lowest BCUT2D eigenvalue weighted by Gasteiger charge is -2.08. The summed E-state index contributed by atoms with van der Waals surface area (Å²) >= 11 is 0. The minimum Gasteiger partial charge on any atom is -0.370 e. The van der Waals surface area contributed by atoms with Gasteiger partial charge < -0.3 is 10.6 Å². The SMILES string of the molecule is c1ccc(CCNc2cccc(CCNc3ccccn3)n2)nc1. The van der Waals surface area contributed by atoms with Crippen LogP contribution in [-0.4, -0.2) is 28.0 Å². The number of rotatable bonds is 8. The fourth-order valence-corrected chi connectivity index (χ4v) is 2.37. The molecular formula is C19H21N5. The molecule has 0 aliphatic carbocycles. The molecule has 0 aromatic carbocycles. The van der Waals surface area contributed by atoms with Gasteiger partial charge in [-0.25, -0.2) is 9.97 Å². The molecule has 24 heavy (non-hydrogen) atoms. The van der Waals surface area contributed by atoms with Crippen LogP contribution in [0.25, 0.3) is 0 Å². The van der Waals surface area contributed by atoms with Crippen LogP contribution in [0.3, 0.4) is 0 Å². The molecular weight excluding hydrogens is 298 g/mol. The summed E-state index contributed by atoms with van der Waals surface area (Å²) in [6.45, 7) is 1.63. The molecule has 122 valence electrons. The van der Waals surface area contributed by atoms with Crippen molar-refractivity contribution in [2.24, 2.45) is 0 Å². The topological polar surface area (TPSA) is 62.7 Å². The van der Waals surface area contributed by atoms with Crippen LogP contribution in [0.2, 0.25) is 0 Å². The molecule has 3 rings (SSSR count). The van der Waals surface area contributed by atoms with Crippen molar-refractivity contribution < 1.29 is 0 Å². The van der Waals surface area contributed by atoms with Crippen molar-refractivity contribution in [2.45, 2.75) is 12.8 Å². The van der Waals surface area contributed by atoms with E-state index in [2.05, 4.69) is 25.6 Å². The smallest absolute Gasteiger partial charge is 0.126 e. The Balaban J connectivity index is 1.45. The lowest BCUT2D eigenvalue weighted by atomic mass is 10.2. The quantitative estimate of drug-likeness (QED) is 0.668. The standard InChI is InChI=1S/C19H21N5/c1-3-12-20-16(6-1)10-14-23-19-9-5-7-17(24-19)11-15-22-18-8-2-4-13-21-18/h1-9,12-13H,10-11,14-15H2,(H,21,22)(H,23,24). The first-order valence-electron chi connectivity index (χ1n) is 8.15. The van der Waals surface area contributed by atoms with Crippen LogP contribution in [-0.2, 0) is 12.8 Å². The molecule has 5 heteroatoms. The molecule has 5 nitrogen and oxygen atoms in total. The Labute approximate surface area is 142 Å². The zero-order chi connectivity index (χ0) is 16.5. The Morgan fingerprint density at radius 3 is 2.04 bits per heavy atom. The maximum absolute atomic E-state index is 4.64. The number of nitrogens with zero attached hydrogens (tertiary/aromatic N) is 3. The average Bonchev–Trinajstić information content (AvgIpc) is 2.64. The van der Waals surface area contributed by atoms with Gasteiger partial charge in [0.1, 0.15) is 11.6 Å². The molecule has 0 unspecified atom stereocenters. The van der Waals surface area contributed by atoms with Crippen LogP contribution >= 0.6 is 0 Å². The van der Waals surface area contributed by atoms with Gasteiger partial charge in [-0.1, -0.05) is 18.2 Å². The van der Waals surface area contributed by atoms with E-state index in [1.54, 1.807) is 6.20 Å². The van der Waals surface area contributed by atoms with E-state index in [0.717, 1.165) is 49.0 Å². The van der Waals surface area contributed by atoms with E-state index in [-0.39, 0.29) is 0 Å². The first-order chi connectivity index (χ1) is 11.9. The third-order valence-electron chi connectivity index (χ3n) is 3.57. The Morgan fingerprint density at radius 2 is 1.29 bits per heavy atom. The van der Waals surface area contributed by atoms with Crippen molar-refractivity contribution in [3.63, 3.8) is 0 Å². The highest BCUT2D eigenvalue weighted by molar-refractivity contribution is 5.36. The molecule has 0 bridgehead atoms. The molecule has 0 aliphatic rings. The van der Waals surface area contributed by atoms with Crippen molar-refractivity contribution >= 4 is 11.6 Å². The fourth-order valence-electron chi connectivity index (χ4n) is 2.37. The lowest BCUT2D eigenvalue weighted by molar-refractivity contribution is 0.929. The Morgan fingerprint density at radius 1 is 0.625 bits per heavy atom. The summed E-state index contributed by atoms with van der Waals surface area (Å²) < 4.78 is 0. The fraction of sp³-hybridized carbons (Fsp3) is 0.211. The van der Waals surface area contributed by atoms with Gasteiger partial charge in [-0.15, -0.1) is 0 Å². The van der Waals surface area contributed by atoms with E-state index in [9.17, 15) is 0 Å². The Kier molecular flexibility index (Phi) is 5.72. The number of aromatic nitrogens is 3. The van der Waals surface area contributed by atoms with Gasteiger partial charge in [-0.05, 0) is 36.4 Å². The zero-order valence-electron chi connectivity index (χ0n) is 13.5. The van der Waals surface area contributed by atoms with Crippen LogP contribution in [0.5, 0.6) is 0 Å². The average molecular weight is 319 g/mol. The number of hydrogen-bond acceptors (Lipinski definition) is 5. The molecule has 0 spiro atoms. The van der Waals surface area contributed by atoms with E-state index in [1.807, 2.05) is 60.8 Å². The summed E-state index contributed by atoms with van der Waals surface area (Å²) in [6.07, 6.45) is 5.34. The minimum absolute atomic E-state index is 0.807. The molecule has 0 saturated heterocycles. The van der Waals surface area contributed by atoms with Crippen molar-refractivity contribution in [2.75, 3.05) is 23.7 Å². The summed E-state index contributed by atoms with van der Waals surface area (Å²) in [6, 6.07) is 17.9. The van der Waals surface area contributed by atoms with Crippen molar-refractivity contribution in [1.82, 2.24) is 15.0 Å². The van der Waals surface area contributed by atoms with Gasteiger partial charge >= 0.3 is 0 Å². The van der Waals surface area contributed by atoms with Crippen molar-refractivity contribution in [3.05, 3.63) is 78.4 Å². The number of hydrogen-bond donors (Lipinski definition) is 2. The first kappa shape index (κ1) is 15.9. The monoisotopic (exact) mass is 319 g/mol. The van der Waals surface area contributed by atoms with Crippen molar-refractivity contribution in [3.8, 4) is 0 Å². The van der Waals surface area contributed by atoms with E-state index in [1.165, 1.54) is 0 Å². The summed E-state index contributed by atoms with van der Waals surface area (Å²) in [5.41, 5.74) is 2.14. The van der Waals surface area contributed by atoms with Gasteiger partial charge in [0.05, 0.1) is 0 Å². The minimum atomic E-state index is 0.807. The van der Waals surface area contributed by atoms with E-state index in [0.29, 0.717) is 0 Å². The highest BCUT2D eigenvalue weighted by Crippen LogP contribution is 2.07. The molecule has 3 heterocycles. The maximum atomic E-state index is 4.64. The third kappa shape index (κ3) is 5.05. The third-order valence-corrected chi connectivity index (χ3v) is 3.57. The molecule has 0 fully saturated rings. The number of anilines is 2. The molecule has 0 aliphatic heterocycles. The van der Waals surface area contributed by atoms with Crippen LogP contribution in [0, 0.1) is 0 Å². The molecule has 0 amide bonds. The number of pyridine rings is 3. The molecule has 3 aromatic heterocycles. The van der Waals surface area contributed by atoms with E-state index < -0.39 is 0 Å². The number of nitrogens with one attached hydrogen (secondary N) is 2.